The van der Waals surface area contributed by atoms with Crippen molar-refractivity contribution in [1.29, 1.82) is 0 Å². The fourth-order valence-corrected chi connectivity index (χ4v) is 2.05. The van der Waals surface area contributed by atoms with E-state index in [4.69, 9.17) is 0 Å². The number of hydrogen-bond donors (Lipinski definition) is 2. The Morgan fingerprint density at radius 2 is 2.06 bits per heavy atom. The Balaban J connectivity index is 2.09. The SMILES string of the molecule is Cc1cccc(NCc2c[nH]nc2C(C)(C)C)c1. The minimum Gasteiger partial charge on any atom is -0.381 e. The van der Waals surface area contributed by atoms with Crippen molar-refractivity contribution in [1.82, 2.24) is 10.2 Å². The molecule has 0 unspecified atom stereocenters. The maximum Gasteiger partial charge on any atom is 0.0725 e. The van der Waals surface area contributed by atoms with Crippen molar-refractivity contribution < 1.29 is 0 Å². The number of nitrogens with zero attached hydrogens (tertiary/aromatic N) is 1. The van der Waals surface area contributed by atoms with Crippen LogP contribution in [0.1, 0.15) is 37.6 Å². The van der Waals surface area contributed by atoms with E-state index in [-0.39, 0.29) is 5.41 Å². The summed E-state index contributed by atoms with van der Waals surface area (Å²) in [6.07, 6.45) is 1.98. The summed E-state index contributed by atoms with van der Waals surface area (Å²) < 4.78 is 0. The molecular weight excluding hydrogens is 222 g/mol. The predicted octanol–water partition coefficient (Wildman–Crippen LogP) is 3.63. The van der Waals surface area contributed by atoms with Crippen LogP contribution < -0.4 is 5.32 Å². The quantitative estimate of drug-likeness (QED) is 0.864. The highest BCUT2D eigenvalue weighted by molar-refractivity contribution is 5.46. The van der Waals surface area contributed by atoms with E-state index in [1.165, 1.54) is 11.1 Å². The van der Waals surface area contributed by atoms with Gasteiger partial charge in [0.2, 0.25) is 0 Å². The summed E-state index contributed by atoms with van der Waals surface area (Å²) in [6.45, 7) is 9.44. The van der Waals surface area contributed by atoms with E-state index in [9.17, 15) is 0 Å². The Bertz CT molecular complexity index is 521. The van der Waals surface area contributed by atoms with Crippen molar-refractivity contribution in [2.24, 2.45) is 0 Å². The first kappa shape index (κ1) is 12.7. The highest BCUT2D eigenvalue weighted by atomic mass is 15.1. The second-order valence-electron chi connectivity index (χ2n) is 5.73. The number of aromatic amines is 1. The minimum atomic E-state index is 0.0730. The normalized spacial score (nSPS) is 11.6. The molecule has 0 atom stereocenters. The average molecular weight is 243 g/mol. The number of benzene rings is 1. The van der Waals surface area contributed by atoms with Crippen molar-refractivity contribution in [3.8, 4) is 0 Å². The summed E-state index contributed by atoms with van der Waals surface area (Å²) in [4.78, 5) is 0. The first-order valence-electron chi connectivity index (χ1n) is 6.30. The van der Waals surface area contributed by atoms with Gasteiger partial charge in [-0.15, -0.1) is 0 Å². The number of rotatable bonds is 3. The van der Waals surface area contributed by atoms with Crippen molar-refractivity contribution in [3.63, 3.8) is 0 Å². The molecule has 0 saturated heterocycles. The van der Waals surface area contributed by atoms with Gasteiger partial charge in [-0.05, 0) is 24.6 Å². The van der Waals surface area contributed by atoms with Crippen molar-refractivity contribution in [2.75, 3.05) is 5.32 Å². The van der Waals surface area contributed by atoms with Crippen LogP contribution in [0.5, 0.6) is 0 Å². The van der Waals surface area contributed by atoms with Crippen molar-refractivity contribution in [2.45, 2.75) is 39.7 Å². The van der Waals surface area contributed by atoms with Crippen LogP contribution in [0.3, 0.4) is 0 Å². The van der Waals surface area contributed by atoms with Crippen LogP contribution in [0.4, 0.5) is 5.69 Å². The van der Waals surface area contributed by atoms with E-state index in [1.807, 2.05) is 6.20 Å². The number of nitrogens with one attached hydrogen (secondary N) is 2. The van der Waals surface area contributed by atoms with Gasteiger partial charge in [0, 0.05) is 29.4 Å². The van der Waals surface area contributed by atoms with Crippen LogP contribution in [0.15, 0.2) is 30.5 Å². The molecule has 2 aromatic rings. The van der Waals surface area contributed by atoms with Gasteiger partial charge in [-0.1, -0.05) is 32.9 Å². The lowest BCUT2D eigenvalue weighted by Gasteiger charge is -2.17. The molecule has 3 heteroatoms. The summed E-state index contributed by atoms with van der Waals surface area (Å²) in [7, 11) is 0. The standard InChI is InChI=1S/C15H21N3/c1-11-6-5-7-13(8-11)16-9-12-10-17-18-14(12)15(2,3)4/h5-8,10,16H,9H2,1-4H3,(H,17,18). The average Bonchev–Trinajstić information content (AvgIpc) is 2.74. The third kappa shape index (κ3) is 2.92. The maximum absolute atomic E-state index is 4.35. The topological polar surface area (TPSA) is 40.7 Å². The zero-order chi connectivity index (χ0) is 13.2. The summed E-state index contributed by atoms with van der Waals surface area (Å²) in [5, 5.41) is 10.8. The molecule has 96 valence electrons. The molecule has 0 aliphatic carbocycles. The molecule has 1 aromatic heterocycles. The Kier molecular flexibility index (Phi) is 3.41. The van der Waals surface area contributed by atoms with Gasteiger partial charge in [0.1, 0.15) is 0 Å². The number of anilines is 1. The van der Waals surface area contributed by atoms with E-state index >= 15 is 0 Å². The molecule has 1 heterocycles. The highest BCUT2D eigenvalue weighted by Crippen LogP contribution is 2.24. The number of aryl methyl sites for hydroxylation is 1. The monoisotopic (exact) mass is 243 g/mol. The molecule has 2 rings (SSSR count). The Morgan fingerprint density at radius 1 is 1.28 bits per heavy atom. The van der Waals surface area contributed by atoms with E-state index in [2.05, 4.69) is 67.5 Å². The smallest absolute Gasteiger partial charge is 0.0725 e. The third-order valence-corrected chi connectivity index (χ3v) is 2.93. The Morgan fingerprint density at radius 3 is 2.72 bits per heavy atom. The van der Waals surface area contributed by atoms with Gasteiger partial charge in [-0.25, -0.2) is 0 Å². The van der Waals surface area contributed by atoms with Crippen molar-refractivity contribution in [3.05, 3.63) is 47.3 Å². The van der Waals surface area contributed by atoms with Gasteiger partial charge >= 0.3 is 0 Å². The van der Waals surface area contributed by atoms with E-state index in [1.54, 1.807) is 0 Å². The van der Waals surface area contributed by atoms with Crippen LogP contribution in [-0.2, 0) is 12.0 Å². The first-order valence-corrected chi connectivity index (χ1v) is 6.30. The molecule has 0 amide bonds. The Hall–Kier alpha value is -1.77. The predicted molar refractivity (Wildman–Crippen MR) is 75.8 cm³/mol. The molecular formula is C15H21N3. The third-order valence-electron chi connectivity index (χ3n) is 2.93. The highest BCUT2D eigenvalue weighted by Gasteiger charge is 2.20. The lowest BCUT2D eigenvalue weighted by Crippen LogP contribution is -2.15. The van der Waals surface area contributed by atoms with Gasteiger partial charge in [0.15, 0.2) is 0 Å². The molecule has 0 bridgehead atoms. The van der Waals surface area contributed by atoms with E-state index in [0.717, 1.165) is 17.9 Å². The fraction of sp³-hybridized carbons (Fsp3) is 0.400. The molecule has 0 fully saturated rings. The molecule has 1 aromatic carbocycles. The largest absolute Gasteiger partial charge is 0.381 e. The number of hydrogen-bond acceptors (Lipinski definition) is 2. The van der Waals surface area contributed by atoms with Gasteiger partial charge in [0.25, 0.3) is 0 Å². The van der Waals surface area contributed by atoms with Gasteiger partial charge < -0.3 is 5.32 Å². The second kappa shape index (κ2) is 4.84. The molecule has 0 aliphatic heterocycles. The van der Waals surface area contributed by atoms with Crippen LogP contribution in [-0.4, -0.2) is 10.2 Å². The molecule has 0 radical (unpaired) electrons. The van der Waals surface area contributed by atoms with Gasteiger partial charge in [0.05, 0.1) is 5.69 Å². The van der Waals surface area contributed by atoms with Crippen molar-refractivity contribution >= 4 is 5.69 Å². The molecule has 2 N–H and O–H groups in total. The molecule has 0 aliphatic rings. The van der Waals surface area contributed by atoms with Crippen LogP contribution in [0.2, 0.25) is 0 Å². The van der Waals surface area contributed by atoms with Gasteiger partial charge in [-0.3, -0.25) is 5.10 Å². The second-order valence-corrected chi connectivity index (χ2v) is 5.73. The van der Waals surface area contributed by atoms with Crippen LogP contribution >= 0.6 is 0 Å². The van der Waals surface area contributed by atoms with E-state index in [0.29, 0.717) is 0 Å². The fourth-order valence-electron chi connectivity index (χ4n) is 2.05. The zero-order valence-corrected chi connectivity index (χ0v) is 11.5. The number of H-pyrrole nitrogens is 1. The lowest BCUT2D eigenvalue weighted by atomic mass is 9.89. The summed E-state index contributed by atoms with van der Waals surface area (Å²) >= 11 is 0. The lowest BCUT2D eigenvalue weighted by molar-refractivity contribution is 0.561. The van der Waals surface area contributed by atoms with E-state index < -0.39 is 0 Å². The molecule has 0 saturated carbocycles. The summed E-state index contributed by atoms with van der Waals surface area (Å²) in [5.41, 5.74) is 4.84. The van der Waals surface area contributed by atoms with Gasteiger partial charge in [-0.2, -0.15) is 5.10 Å². The maximum atomic E-state index is 4.35. The molecule has 18 heavy (non-hydrogen) atoms. The molecule has 0 spiro atoms. The Labute approximate surface area is 109 Å². The van der Waals surface area contributed by atoms with Crippen LogP contribution in [0.25, 0.3) is 0 Å². The zero-order valence-electron chi connectivity index (χ0n) is 11.5. The number of aromatic nitrogens is 2. The van der Waals surface area contributed by atoms with Crippen LogP contribution in [0, 0.1) is 6.92 Å². The summed E-state index contributed by atoms with van der Waals surface area (Å²) in [5.74, 6) is 0. The minimum absolute atomic E-state index is 0.0730. The summed E-state index contributed by atoms with van der Waals surface area (Å²) in [6, 6.07) is 8.40. The molecule has 3 nitrogen and oxygen atoms in total. The first-order chi connectivity index (χ1) is 8.47.